The predicted molar refractivity (Wildman–Crippen MR) is 32.8 cm³/mol. The van der Waals surface area contributed by atoms with E-state index in [-0.39, 0.29) is 6.61 Å². The van der Waals surface area contributed by atoms with E-state index in [0.29, 0.717) is 6.42 Å². The molecule has 0 amide bonds. The molecule has 0 aliphatic rings. The highest BCUT2D eigenvalue weighted by Gasteiger charge is 1.87. The monoisotopic (exact) mass is 124 g/mol. The fourth-order valence-electron chi connectivity index (χ4n) is 0.595. The zero-order valence-electron chi connectivity index (χ0n) is 4.99. The van der Waals surface area contributed by atoms with Crippen LogP contribution in [0.2, 0.25) is 0 Å². The van der Waals surface area contributed by atoms with E-state index in [4.69, 9.17) is 5.11 Å². The minimum absolute atomic E-state index is 0.172. The zero-order valence-corrected chi connectivity index (χ0v) is 4.99. The Kier molecular flexibility index (Phi) is 2.15. The average molecular weight is 124 g/mol. The molecule has 1 aromatic rings. The Morgan fingerprint density at radius 3 is 2.89 bits per heavy atom. The van der Waals surface area contributed by atoms with Crippen LogP contribution >= 0.6 is 0 Å². The van der Waals surface area contributed by atoms with Crippen molar-refractivity contribution in [3.8, 4) is 0 Å². The molecule has 0 spiro atoms. The van der Waals surface area contributed by atoms with Gasteiger partial charge in [-0.3, -0.25) is 0 Å². The Morgan fingerprint density at radius 1 is 1.44 bits per heavy atom. The maximum absolute atomic E-state index is 8.47. The van der Waals surface area contributed by atoms with E-state index in [0.717, 1.165) is 5.56 Å². The van der Waals surface area contributed by atoms with Crippen molar-refractivity contribution in [3.05, 3.63) is 24.0 Å². The molecule has 0 radical (unpaired) electrons. The molecule has 3 heteroatoms. The molecule has 48 valence electrons. The molecule has 0 aliphatic carbocycles. The standard InChI is InChI=1S/C6H8N2O/c9-4-2-6-1-3-7-8-5-6/h1,3,5,9H,2,4H2. The molecule has 1 N–H and O–H groups in total. The minimum Gasteiger partial charge on any atom is -0.396 e. The highest BCUT2D eigenvalue weighted by atomic mass is 16.2. The van der Waals surface area contributed by atoms with Crippen LogP contribution < -0.4 is 0 Å². The van der Waals surface area contributed by atoms with Crippen molar-refractivity contribution < 1.29 is 5.11 Å². The summed E-state index contributed by atoms with van der Waals surface area (Å²) < 4.78 is 0. The van der Waals surface area contributed by atoms with Crippen LogP contribution in [-0.4, -0.2) is 21.9 Å². The summed E-state index contributed by atoms with van der Waals surface area (Å²) in [5.74, 6) is 0. The van der Waals surface area contributed by atoms with Gasteiger partial charge in [0.2, 0.25) is 0 Å². The van der Waals surface area contributed by atoms with Gasteiger partial charge in [-0.2, -0.15) is 10.2 Å². The van der Waals surface area contributed by atoms with Crippen molar-refractivity contribution in [2.75, 3.05) is 6.61 Å². The van der Waals surface area contributed by atoms with Gasteiger partial charge in [0.15, 0.2) is 0 Å². The normalized spacial score (nSPS) is 9.44. The van der Waals surface area contributed by atoms with Crippen LogP contribution in [0.4, 0.5) is 0 Å². The molecule has 1 aromatic heterocycles. The molecular formula is C6H8N2O. The van der Waals surface area contributed by atoms with Gasteiger partial charge in [0.25, 0.3) is 0 Å². The van der Waals surface area contributed by atoms with Crippen LogP contribution in [0.25, 0.3) is 0 Å². The topological polar surface area (TPSA) is 46.0 Å². The third-order valence-corrected chi connectivity index (χ3v) is 1.05. The molecule has 0 unspecified atom stereocenters. The van der Waals surface area contributed by atoms with Gasteiger partial charge in [0, 0.05) is 12.8 Å². The Bertz CT molecular complexity index is 164. The molecule has 0 fully saturated rings. The lowest BCUT2D eigenvalue weighted by atomic mass is 10.2. The fraction of sp³-hybridized carbons (Fsp3) is 0.333. The molecule has 0 aromatic carbocycles. The van der Waals surface area contributed by atoms with Crippen LogP contribution in [0.3, 0.4) is 0 Å². The molecule has 0 saturated carbocycles. The van der Waals surface area contributed by atoms with E-state index >= 15 is 0 Å². The first-order chi connectivity index (χ1) is 4.43. The highest BCUT2D eigenvalue weighted by molar-refractivity contribution is 5.04. The van der Waals surface area contributed by atoms with E-state index in [1.165, 1.54) is 0 Å². The molecule has 0 aliphatic heterocycles. The van der Waals surface area contributed by atoms with Gasteiger partial charge in [-0.05, 0) is 18.1 Å². The van der Waals surface area contributed by atoms with Crippen LogP contribution in [0.15, 0.2) is 18.5 Å². The largest absolute Gasteiger partial charge is 0.396 e. The lowest BCUT2D eigenvalue weighted by molar-refractivity contribution is 0.299. The molecule has 0 saturated heterocycles. The summed E-state index contributed by atoms with van der Waals surface area (Å²) in [5, 5.41) is 15.7. The second-order valence-electron chi connectivity index (χ2n) is 1.72. The number of aromatic nitrogens is 2. The zero-order chi connectivity index (χ0) is 6.53. The lowest BCUT2D eigenvalue weighted by Crippen LogP contribution is -1.91. The van der Waals surface area contributed by atoms with Gasteiger partial charge in [-0.25, -0.2) is 0 Å². The smallest absolute Gasteiger partial charge is 0.0529 e. The summed E-state index contributed by atoms with van der Waals surface area (Å²) in [6.07, 6.45) is 3.93. The predicted octanol–water partition coefficient (Wildman–Crippen LogP) is 0.0114. The highest BCUT2D eigenvalue weighted by Crippen LogP contribution is 1.92. The van der Waals surface area contributed by atoms with Crippen LogP contribution in [0.1, 0.15) is 5.56 Å². The number of nitrogens with zero attached hydrogens (tertiary/aromatic N) is 2. The Balaban J connectivity index is 2.61. The summed E-state index contributed by atoms with van der Waals surface area (Å²) >= 11 is 0. The third-order valence-electron chi connectivity index (χ3n) is 1.05. The molecule has 0 atom stereocenters. The molecule has 9 heavy (non-hydrogen) atoms. The van der Waals surface area contributed by atoms with Gasteiger partial charge < -0.3 is 5.11 Å². The second-order valence-corrected chi connectivity index (χ2v) is 1.72. The SMILES string of the molecule is OCCc1ccnnc1. The maximum atomic E-state index is 8.47. The van der Waals surface area contributed by atoms with Crippen molar-refractivity contribution in [2.45, 2.75) is 6.42 Å². The van der Waals surface area contributed by atoms with Gasteiger partial charge >= 0.3 is 0 Å². The first kappa shape index (κ1) is 6.16. The Hall–Kier alpha value is -0.960. The van der Waals surface area contributed by atoms with Gasteiger partial charge in [-0.15, -0.1) is 0 Å². The summed E-state index contributed by atoms with van der Waals surface area (Å²) in [4.78, 5) is 0. The number of aliphatic hydroxyl groups excluding tert-OH is 1. The van der Waals surface area contributed by atoms with Crippen LogP contribution in [0, 0.1) is 0 Å². The van der Waals surface area contributed by atoms with Gasteiger partial charge in [-0.1, -0.05) is 0 Å². The molecule has 1 heterocycles. The second kappa shape index (κ2) is 3.14. The Labute approximate surface area is 53.4 Å². The van der Waals surface area contributed by atoms with E-state index < -0.39 is 0 Å². The molecule has 3 nitrogen and oxygen atoms in total. The van der Waals surface area contributed by atoms with Crippen molar-refractivity contribution in [2.24, 2.45) is 0 Å². The number of hydrogen-bond donors (Lipinski definition) is 1. The number of aliphatic hydroxyl groups is 1. The van der Waals surface area contributed by atoms with E-state index in [1.54, 1.807) is 12.4 Å². The number of rotatable bonds is 2. The summed E-state index contributed by atoms with van der Waals surface area (Å²) in [6.45, 7) is 0.172. The Morgan fingerprint density at radius 2 is 2.33 bits per heavy atom. The molecular weight excluding hydrogens is 116 g/mol. The number of hydrogen-bond acceptors (Lipinski definition) is 3. The first-order valence-corrected chi connectivity index (χ1v) is 2.80. The van der Waals surface area contributed by atoms with Crippen LogP contribution in [0.5, 0.6) is 0 Å². The summed E-state index contributed by atoms with van der Waals surface area (Å²) in [6, 6.07) is 1.84. The van der Waals surface area contributed by atoms with E-state index in [9.17, 15) is 0 Å². The van der Waals surface area contributed by atoms with E-state index in [2.05, 4.69) is 10.2 Å². The minimum atomic E-state index is 0.172. The van der Waals surface area contributed by atoms with Crippen molar-refractivity contribution in [1.29, 1.82) is 0 Å². The first-order valence-electron chi connectivity index (χ1n) is 2.80. The van der Waals surface area contributed by atoms with E-state index in [1.807, 2.05) is 6.07 Å². The van der Waals surface area contributed by atoms with Gasteiger partial charge in [0.05, 0.1) is 6.20 Å². The lowest BCUT2D eigenvalue weighted by Gasteiger charge is -1.91. The quantitative estimate of drug-likeness (QED) is 0.604. The van der Waals surface area contributed by atoms with Crippen molar-refractivity contribution in [3.63, 3.8) is 0 Å². The summed E-state index contributed by atoms with van der Waals surface area (Å²) in [5.41, 5.74) is 1.02. The fourth-order valence-corrected chi connectivity index (χ4v) is 0.595. The van der Waals surface area contributed by atoms with Crippen LogP contribution in [-0.2, 0) is 6.42 Å². The molecule has 1 rings (SSSR count). The maximum Gasteiger partial charge on any atom is 0.0529 e. The summed E-state index contributed by atoms with van der Waals surface area (Å²) in [7, 11) is 0. The van der Waals surface area contributed by atoms with Crippen molar-refractivity contribution in [1.82, 2.24) is 10.2 Å². The third kappa shape index (κ3) is 1.77. The molecule has 0 bridgehead atoms. The van der Waals surface area contributed by atoms with Crippen molar-refractivity contribution >= 4 is 0 Å². The average Bonchev–Trinajstić information content (AvgIpc) is 1.91. The van der Waals surface area contributed by atoms with Gasteiger partial charge in [0.1, 0.15) is 0 Å².